The quantitative estimate of drug-likeness (QED) is 0.259. The van der Waals surface area contributed by atoms with Crippen molar-refractivity contribution in [2.45, 2.75) is 39.7 Å². The highest BCUT2D eigenvalue weighted by Crippen LogP contribution is 2.27. The molecule has 3 aromatic carbocycles. The first-order valence-corrected chi connectivity index (χ1v) is 12.3. The molecule has 0 unspecified atom stereocenters. The van der Waals surface area contributed by atoms with Crippen LogP contribution in [0.15, 0.2) is 66.7 Å². The highest BCUT2D eigenvalue weighted by Gasteiger charge is 2.12. The maximum absolute atomic E-state index is 12.8. The fourth-order valence-electron chi connectivity index (χ4n) is 4.75. The van der Waals surface area contributed by atoms with Crippen molar-refractivity contribution in [2.75, 3.05) is 27.7 Å². The van der Waals surface area contributed by atoms with Crippen LogP contribution in [0.2, 0.25) is 0 Å². The van der Waals surface area contributed by atoms with E-state index in [1.54, 1.807) is 7.11 Å². The molecule has 0 aliphatic rings. The summed E-state index contributed by atoms with van der Waals surface area (Å²) in [7, 11) is 5.89. The highest BCUT2D eigenvalue weighted by molar-refractivity contribution is 5.97. The predicted octanol–water partition coefficient (Wildman–Crippen LogP) is 6.23. The molecule has 0 fully saturated rings. The third-order valence-corrected chi connectivity index (χ3v) is 6.87. The normalized spacial score (nSPS) is 11.4. The summed E-state index contributed by atoms with van der Waals surface area (Å²) in [6.07, 6.45) is 2.36. The molecule has 182 valence electrons. The van der Waals surface area contributed by atoms with Gasteiger partial charge in [-0.15, -0.1) is 0 Å². The summed E-state index contributed by atoms with van der Waals surface area (Å²) in [6, 6.07) is 22.6. The number of aromatic nitrogens is 1. The first-order valence-electron chi connectivity index (χ1n) is 12.3. The summed E-state index contributed by atoms with van der Waals surface area (Å²) < 4.78 is 7.73. The SMILES string of the molecule is COc1cccc(CC(=O)c2ccc(Cc3ccc4c(c3)c(C)c(C)n4CCCN(C)C)cc2)c1. The zero-order valence-electron chi connectivity index (χ0n) is 21.6. The van der Waals surface area contributed by atoms with Gasteiger partial charge in [-0.05, 0) is 93.8 Å². The monoisotopic (exact) mass is 468 g/mol. The Morgan fingerprint density at radius 1 is 0.914 bits per heavy atom. The van der Waals surface area contributed by atoms with Gasteiger partial charge >= 0.3 is 0 Å². The van der Waals surface area contributed by atoms with Crippen molar-refractivity contribution in [3.8, 4) is 5.75 Å². The van der Waals surface area contributed by atoms with E-state index in [9.17, 15) is 4.79 Å². The van der Waals surface area contributed by atoms with Gasteiger partial charge in [-0.2, -0.15) is 0 Å². The van der Waals surface area contributed by atoms with Gasteiger partial charge in [0.25, 0.3) is 0 Å². The van der Waals surface area contributed by atoms with Crippen LogP contribution in [-0.2, 0) is 19.4 Å². The van der Waals surface area contributed by atoms with Crippen molar-refractivity contribution in [3.05, 3.63) is 100 Å². The molecule has 0 amide bonds. The molecule has 0 bridgehead atoms. The molecule has 1 heterocycles. The molecule has 0 aliphatic heterocycles. The Bertz CT molecular complexity index is 1320. The maximum Gasteiger partial charge on any atom is 0.167 e. The van der Waals surface area contributed by atoms with Crippen molar-refractivity contribution in [1.82, 2.24) is 9.47 Å². The number of hydrogen-bond acceptors (Lipinski definition) is 3. The van der Waals surface area contributed by atoms with Crippen LogP contribution in [0.5, 0.6) is 5.75 Å². The summed E-state index contributed by atoms with van der Waals surface area (Å²) >= 11 is 0. The Balaban J connectivity index is 1.46. The van der Waals surface area contributed by atoms with Gasteiger partial charge < -0.3 is 14.2 Å². The van der Waals surface area contributed by atoms with E-state index in [1.165, 1.54) is 33.3 Å². The number of carbonyl (C=O) groups is 1. The van der Waals surface area contributed by atoms with E-state index in [2.05, 4.69) is 67.7 Å². The fourth-order valence-corrected chi connectivity index (χ4v) is 4.75. The molecule has 4 rings (SSSR count). The standard InChI is InChI=1S/C31H36N2O2/c1-22-23(2)33(17-7-16-32(3)4)30-15-12-26(20-29(22)30)18-24-10-13-27(14-11-24)31(34)21-25-8-6-9-28(19-25)35-5/h6,8-15,19-20H,7,16-18,21H2,1-5H3. The molecular formula is C31H36N2O2. The van der Waals surface area contributed by atoms with Gasteiger partial charge in [-0.3, -0.25) is 4.79 Å². The molecule has 4 heteroatoms. The Labute approximate surface area is 209 Å². The first kappa shape index (κ1) is 24.7. The number of ether oxygens (including phenoxy) is 1. The van der Waals surface area contributed by atoms with Crippen LogP contribution < -0.4 is 4.74 Å². The van der Waals surface area contributed by atoms with Gasteiger partial charge in [0, 0.05) is 35.1 Å². The van der Waals surface area contributed by atoms with E-state index < -0.39 is 0 Å². The molecule has 0 atom stereocenters. The lowest BCUT2D eigenvalue weighted by Crippen LogP contribution is -2.15. The van der Waals surface area contributed by atoms with Crippen LogP contribution in [0.25, 0.3) is 10.9 Å². The summed E-state index contributed by atoms with van der Waals surface area (Å²) in [5.74, 6) is 0.893. The van der Waals surface area contributed by atoms with E-state index in [-0.39, 0.29) is 5.78 Å². The van der Waals surface area contributed by atoms with E-state index >= 15 is 0 Å². The third kappa shape index (κ3) is 5.83. The third-order valence-electron chi connectivity index (χ3n) is 6.87. The van der Waals surface area contributed by atoms with Crippen LogP contribution in [0, 0.1) is 13.8 Å². The number of rotatable bonds is 10. The number of ketones is 1. The summed E-state index contributed by atoms with van der Waals surface area (Å²) in [5.41, 5.74) is 8.25. The lowest BCUT2D eigenvalue weighted by molar-refractivity contribution is 0.0993. The zero-order valence-corrected chi connectivity index (χ0v) is 21.6. The average Bonchev–Trinajstić information content (AvgIpc) is 3.09. The number of fused-ring (bicyclic) bond motifs is 1. The number of aryl methyl sites for hydroxylation is 2. The Hall–Kier alpha value is -3.37. The number of nitrogens with zero attached hydrogens (tertiary/aromatic N) is 2. The Kier molecular flexibility index (Phi) is 7.72. The number of Topliss-reactive ketones (excluding diaryl/α,β-unsaturated/α-hetero) is 1. The molecular weight excluding hydrogens is 432 g/mol. The van der Waals surface area contributed by atoms with Gasteiger partial charge in [0.05, 0.1) is 7.11 Å². The van der Waals surface area contributed by atoms with Crippen molar-refractivity contribution in [3.63, 3.8) is 0 Å². The molecule has 0 saturated carbocycles. The van der Waals surface area contributed by atoms with Gasteiger partial charge in [0.15, 0.2) is 5.78 Å². The molecule has 4 aromatic rings. The topological polar surface area (TPSA) is 34.5 Å². The first-order chi connectivity index (χ1) is 16.9. The lowest BCUT2D eigenvalue weighted by atomic mass is 9.98. The van der Waals surface area contributed by atoms with Crippen LogP contribution in [0.4, 0.5) is 0 Å². The molecule has 1 aromatic heterocycles. The minimum atomic E-state index is 0.118. The van der Waals surface area contributed by atoms with E-state index in [0.717, 1.165) is 42.8 Å². The smallest absolute Gasteiger partial charge is 0.167 e. The Morgan fingerprint density at radius 3 is 2.37 bits per heavy atom. The molecule has 0 radical (unpaired) electrons. The van der Waals surface area contributed by atoms with Gasteiger partial charge in [0.2, 0.25) is 0 Å². The molecule has 0 saturated heterocycles. The molecule has 0 aliphatic carbocycles. The van der Waals surface area contributed by atoms with Crippen molar-refractivity contribution in [2.24, 2.45) is 0 Å². The van der Waals surface area contributed by atoms with Crippen LogP contribution in [0.3, 0.4) is 0 Å². The van der Waals surface area contributed by atoms with Crippen LogP contribution in [0.1, 0.15) is 44.7 Å². The highest BCUT2D eigenvalue weighted by atomic mass is 16.5. The van der Waals surface area contributed by atoms with Crippen LogP contribution in [-0.4, -0.2) is 43.0 Å². The van der Waals surface area contributed by atoms with Crippen LogP contribution >= 0.6 is 0 Å². The summed E-state index contributed by atoms with van der Waals surface area (Å²) in [5, 5.41) is 1.34. The van der Waals surface area contributed by atoms with Gasteiger partial charge in [-0.1, -0.05) is 42.5 Å². The van der Waals surface area contributed by atoms with E-state index in [4.69, 9.17) is 4.74 Å². The number of carbonyl (C=O) groups excluding carboxylic acids is 1. The molecule has 4 nitrogen and oxygen atoms in total. The van der Waals surface area contributed by atoms with Crippen molar-refractivity contribution < 1.29 is 9.53 Å². The predicted molar refractivity (Wildman–Crippen MR) is 145 cm³/mol. The van der Waals surface area contributed by atoms with Crippen molar-refractivity contribution in [1.29, 1.82) is 0 Å². The largest absolute Gasteiger partial charge is 0.497 e. The van der Waals surface area contributed by atoms with Crippen molar-refractivity contribution >= 4 is 16.7 Å². The number of hydrogen-bond donors (Lipinski definition) is 0. The van der Waals surface area contributed by atoms with Gasteiger partial charge in [-0.25, -0.2) is 0 Å². The van der Waals surface area contributed by atoms with E-state index in [1.807, 2.05) is 36.4 Å². The number of methoxy groups -OCH3 is 1. The zero-order chi connectivity index (χ0) is 24.9. The second-order valence-electron chi connectivity index (χ2n) is 9.70. The number of benzene rings is 3. The second kappa shape index (κ2) is 10.9. The maximum atomic E-state index is 12.8. The molecule has 0 spiro atoms. The minimum absolute atomic E-state index is 0.118. The average molecular weight is 469 g/mol. The van der Waals surface area contributed by atoms with E-state index in [0.29, 0.717) is 6.42 Å². The fraction of sp³-hybridized carbons (Fsp3) is 0.323. The molecule has 35 heavy (non-hydrogen) atoms. The summed E-state index contributed by atoms with van der Waals surface area (Å²) in [6.45, 7) is 6.59. The summed E-state index contributed by atoms with van der Waals surface area (Å²) in [4.78, 5) is 15.0. The Morgan fingerprint density at radius 2 is 1.66 bits per heavy atom. The lowest BCUT2D eigenvalue weighted by Gasteiger charge is -2.12. The second-order valence-corrected chi connectivity index (χ2v) is 9.70. The minimum Gasteiger partial charge on any atom is -0.497 e. The van der Waals surface area contributed by atoms with Gasteiger partial charge in [0.1, 0.15) is 5.75 Å². The molecule has 0 N–H and O–H groups in total.